The molecule has 0 radical (unpaired) electrons. The van der Waals surface area contributed by atoms with Crippen LogP contribution in [0.5, 0.6) is 0 Å². The van der Waals surface area contributed by atoms with Gasteiger partial charge in [0.25, 0.3) is 5.91 Å². The predicted molar refractivity (Wildman–Crippen MR) is 122 cm³/mol. The van der Waals surface area contributed by atoms with Crippen molar-refractivity contribution in [2.45, 2.75) is 66.3 Å². The summed E-state index contributed by atoms with van der Waals surface area (Å²) >= 11 is 1.50. The lowest BCUT2D eigenvalue weighted by Gasteiger charge is -2.47. The molecule has 2 aliphatic rings. The van der Waals surface area contributed by atoms with Crippen LogP contribution in [0.15, 0.2) is 22.0 Å². The fraction of sp³-hybridized carbons (Fsp3) is 0.565. The molecule has 4 nitrogen and oxygen atoms in total. The highest BCUT2D eigenvalue weighted by molar-refractivity contribution is 8.18. The first-order valence-electron chi connectivity index (χ1n) is 10.4. The molecule has 1 amide bonds. The van der Waals surface area contributed by atoms with Gasteiger partial charge in [0, 0.05) is 30.9 Å². The molecule has 0 bridgehead atoms. The molecule has 0 aromatic heterocycles. The van der Waals surface area contributed by atoms with Crippen LogP contribution in [-0.4, -0.2) is 41.1 Å². The molecule has 152 valence electrons. The van der Waals surface area contributed by atoms with E-state index >= 15 is 0 Å². The maximum absolute atomic E-state index is 12.8. The first-order valence-corrected chi connectivity index (χ1v) is 11.2. The molecular weight excluding hydrogens is 366 g/mol. The lowest BCUT2D eigenvalue weighted by atomic mass is 9.79. The number of likely N-dealkylation sites (N-methyl/N-ethyl adjacent to an activating group) is 1. The Kier molecular flexibility index (Phi) is 5.95. The molecule has 1 saturated heterocycles. The van der Waals surface area contributed by atoms with Gasteiger partial charge in [-0.3, -0.25) is 14.7 Å². The molecule has 28 heavy (non-hydrogen) atoms. The Morgan fingerprint density at radius 1 is 1.25 bits per heavy atom. The highest BCUT2D eigenvalue weighted by Crippen LogP contribution is 2.44. The second-order valence-corrected chi connectivity index (χ2v) is 9.36. The Morgan fingerprint density at radius 3 is 2.57 bits per heavy atom. The van der Waals surface area contributed by atoms with E-state index in [4.69, 9.17) is 0 Å². The first-order chi connectivity index (χ1) is 13.2. The summed E-state index contributed by atoms with van der Waals surface area (Å²) in [4.78, 5) is 22.4. The minimum Gasteiger partial charge on any atom is -0.366 e. The zero-order valence-corrected chi connectivity index (χ0v) is 19.1. The van der Waals surface area contributed by atoms with Crippen LogP contribution < -0.4 is 4.90 Å². The molecule has 1 fully saturated rings. The average molecular weight is 400 g/mol. The molecule has 0 N–H and O–H groups in total. The number of fused-ring (bicyclic) bond motifs is 1. The number of hydrogen-bond donors (Lipinski definition) is 0. The second-order valence-electron chi connectivity index (χ2n) is 8.35. The quantitative estimate of drug-likeness (QED) is 0.634. The highest BCUT2D eigenvalue weighted by atomic mass is 32.2. The first kappa shape index (κ1) is 21.0. The maximum Gasteiger partial charge on any atom is 0.266 e. The molecule has 1 aromatic carbocycles. The number of anilines is 1. The Labute approximate surface area is 174 Å². The van der Waals surface area contributed by atoms with Crippen LogP contribution in [-0.2, 0) is 4.79 Å². The van der Waals surface area contributed by atoms with Crippen molar-refractivity contribution in [3.05, 3.63) is 33.7 Å². The van der Waals surface area contributed by atoms with E-state index in [1.165, 1.54) is 28.6 Å². The number of aliphatic imine (C=N–C) groups is 1. The number of nitrogens with zero attached hydrogens (tertiary/aromatic N) is 3. The van der Waals surface area contributed by atoms with Crippen molar-refractivity contribution in [2.75, 3.05) is 24.5 Å². The van der Waals surface area contributed by atoms with Crippen LogP contribution in [0.25, 0.3) is 6.08 Å². The summed E-state index contributed by atoms with van der Waals surface area (Å²) in [5, 5.41) is 0.823. The Hall–Kier alpha value is -1.75. The zero-order valence-electron chi connectivity index (χ0n) is 18.3. The molecule has 1 atom stereocenters. The lowest BCUT2D eigenvalue weighted by molar-refractivity contribution is -0.122. The van der Waals surface area contributed by atoms with E-state index in [0.29, 0.717) is 19.0 Å². The number of hydrogen-bond acceptors (Lipinski definition) is 4. The van der Waals surface area contributed by atoms with Crippen molar-refractivity contribution < 1.29 is 4.79 Å². The van der Waals surface area contributed by atoms with Crippen LogP contribution >= 0.6 is 11.8 Å². The van der Waals surface area contributed by atoms with Gasteiger partial charge in [-0.15, -0.1) is 0 Å². The topological polar surface area (TPSA) is 35.9 Å². The summed E-state index contributed by atoms with van der Waals surface area (Å²) in [5.74, 6) is 0.572. The van der Waals surface area contributed by atoms with Gasteiger partial charge in [-0.05, 0) is 101 Å². The van der Waals surface area contributed by atoms with Gasteiger partial charge in [0.05, 0.1) is 4.91 Å². The van der Waals surface area contributed by atoms with Crippen molar-refractivity contribution in [1.29, 1.82) is 0 Å². The predicted octanol–water partition coefficient (Wildman–Crippen LogP) is 5.42. The summed E-state index contributed by atoms with van der Waals surface area (Å²) in [5.41, 5.74) is 5.26. The number of amidine groups is 1. The van der Waals surface area contributed by atoms with Crippen molar-refractivity contribution in [3.8, 4) is 0 Å². The number of aryl methyl sites for hydroxylation is 1. The SMILES string of the molecule is CCN=C1S/C(=C\c2cc3c(cc2C)N(CC)C(C)(C)C[C@H]3C)C(=O)N1CC. The van der Waals surface area contributed by atoms with Gasteiger partial charge in [0.1, 0.15) is 0 Å². The summed E-state index contributed by atoms with van der Waals surface area (Å²) in [7, 11) is 0. The van der Waals surface area contributed by atoms with E-state index in [-0.39, 0.29) is 11.4 Å². The van der Waals surface area contributed by atoms with Gasteiger partial charge in [-0.2, -0.15) is 0 Å². The number of benzene rings is 1. The molecule has 3 rings (SSSR count). The van der Waals surface area contributed by atoms with Gasteiger partial charge in [-0.25, -0.2) is 0 Å². The summed E-state index contributed by atoms with van der Waals surface area (Å²) in [6, 6.07) is 4.62. The molecule has 2 heterocycles. The molecule has 1 aromatic rings. The third kappa shape index (κ3) is 3.61. The zero-order chi connectivity index (χ0) is 20.6. The number of rotatable bonds is 4. The Bertz CT molecular complexity index is 840. The van der Waals surface area contributed by atoms with E-state index in [1.54, 1.807) is 4.90 Å². The fourth-order valence-electron chi connectivity index (χ4n) is 4.59. The third-order valence-electron chi connectivity index (χ3n) is 5.87. The number of carbonyl (C=O) groups is 1. The minimum absolute atomic E-state index is 0.0705. The van der Waals surface area contributed by atoms with Gasteiger partial charge in [0.15, 0.2) is 5.17 Å². The third-order valence-corrected chi connectivity index (χ3v) is 6.92. The Balaban J connectivity index is 2.04. The van der Waals surface area contributed by atoms with Gasteiger partial charge < -0.3 is 4.90 Å². The average Bonchev–Trinajstić information content (AvgIpc) is 2.91. The number of carbonyl (C=O) groups excluding carboxylic acids is 1. The van der Waals surface area contributed by atoms with Crippen molar-refractivity contribution >= 4 is 34.6 Å². The number of amides is 1. The monoisotopic (exact) mass is 399 g/mol. The van der Waals surface area contributed by atoms with E-state index in [2.05, 4.69) is 62.7 Å². The van der Waals surface area contributed by atoms with Crippen molar-refractivity contribution in [3.63, 3.8) is 0 Å². The number of thioether (sulfide) groups is 1. The fourth-order valence-corrected chi connectivity index (χ4v) is 5.68. The van der Waals surface area contributed by atoms with E-state index in [1.807, 2.05) is 13.8 Å². The van der Waals surface area contributed by atoms with Crippen molar-refractivity contribution in [2.24, 2.45) is 4.99 Å². The van der Waals surface area contributed by atoms with E-state index < -0.39 is 0 Å². The molecule has 0 spiro atoms. The summed E-state index contributed by atoms with van der Waals surface area (Å²) in [6.45, 7) is 17.7. The Morgan fingerprint density at radius 2 is 1.96 bits per heavy atom. The standard InChI is InChI=1S/C23H33N3OS/c1-8-24-22-25(9-2)21(27)20(28-22)13-17-12-18-16(5)14-23(6,7)26(10-3)19(18)11-15(17)4/h11-13,16H,8-10,14H2,1-7H3/b20-13-,24-22?/t16-/m1/s1. The largest absolute Gasteiger partial charge is 0.366 e. The van der Waals surface area contributed by atoms with Crippen molar-refractivity contribution in [1.82, 2.24) is 4.90 Å². The molecular formula is C23H33N3OS. The molecule has 2 aliphatic heterocycles. The molecule has 0 saturated carbocycles. The molecule has 5 heteroatoms. The van der Waals surface area contributed by atoms with Crippen LogP contribution in [0.2, 0.25) is 0 Å². The van der Waals surface area contributed by atoms with Crippen LogP contribution in [0.4, 0.5) is 5.69 Å². The van der Waals surface area contributed by atoms with Gasteiger partial charge in [-0.1, -0.05) is 6.92 Å². The second kappa shape index (κ2) is 7.94. The maximum atomic E-state index is 12.8. The summed E-state index contributed by atoms with van der Waals surface area (Å²) in [6.07, 6.45) is 3.20. The van der Waals surface area contributed by atoms with Crippen LogP contribution in [0, 0.1) is 6.92 Å². The molecule has 0 unspecified atom stereocenters. The van der Waals surface area contributed by atoms with Gasteiger partial charge >= 0.3 is 0 Å². The summed E-state index contributed by atoms with van der Waals surface area (Å²) < 4.78 is 0. The van der Waals surface area contributed by atoms with Crippen LogP contribution in [0.1, 0.15) is 70.6 Å². The smallest absolute Gasteiger partial charge is 0.266 e. The minimum atomic E-state index is 0.0705. The normalized spacial score (nSPS) is 24.4. The van der Waals surface area contributed by atoms with Gasteiger partial charge in [0.2, 0.25) is 0 Å². The molecule has 0 aliphatic carbocycles. The van der Waals surface area contributed by atoms with Crippen LogP contribution in [0.3, 0.4) is 0 Å². The van der Waals surface area contributed by atoms with E-state index in [0.717, 1.165) is 28.6 Å². The lowest BCUT2D eigenvalue weighted by Crippen LogP contribution is -2.48. The van der Waals surface area contributed by atoms with E-state index in [9.17, 15) is 4.79 Å². The highest BCUT2D eigenvalue weighted by Gasteiger charge is 2.36.